The standard InChI is InChI=1S/C20H17BrO2/c21-16-8-6-15(7-9-16)20-11-10-14(12-20)17(18(20)19(22)23)13-4-2-1-3-5-13/h1-11,14,17-18H,12H2,(H,22,23). The van der Waals surface area contributed by atoms with Gasteiger partial charge in [-0.05, 0) is 35.6 Å². The van der Waals surface area contributed by atoms with Gasteiger partial charge >= 0.3 is 5.97 Å². The van der Waals surface area contributed by atoms with Crippen molar-refractivity contribution in [1.82, 2.24) is 0 Å². The molecule has 2 aliphatic carbocycles. The van der Waals surface area contributed by atoms with Gasteiger partial charge in [0.25, 0.3) is 0 Å². The Morgan fingerprint density at radius 3 is 2.43 bits per heavy atom. The molecule has 4 unspecified atom stereocenters. The summed E-state index contributed by atoms with van der Waals surface area (Å²) >= 11 is 3.46. The Labute approximate surface area is 144 Å². The predicted molar refractivity (Wildman–Crippen MR) is 93.4 cm³/mol. The van der Waals surface area contributed by atoms with Crippen molar-refractivity contribution in [1.29, 1.82) is 0 Å². The van der Waals surface area contributed by atoms with E-state index in [1.54, 1.807) is 0 Å². The molecule has 0 heterocycles. The summed E-state index contributed by atoms with van der Waals surface area (Å²) in [5.74, 6) is -0.779. The fourth-order valence-electron chi connectivity index (χ4n) is 4.51. The highest BCUT2D eigenvalue weighted by molar-refractivity contribution is 9.10. The molecule has 1 N–H and O–H groups in total. The van der Waals surface area contributed by atoms with E-state index in [0.717, 1.165) is 22.0 Å². The molecule has 3 heteroatoms. The maximum absolute atomic E-state index is 12.2. The Hall–Kier alpha value is -1.87. The summed E-state index contributed by atoms with van der Waals surface area (Å²) < 4.78 is 1.01. The number of fused-ring (bicyclic) bond motifs is 2. The van der Waals surface area contributed by atoms with Crippen molar-refractivity contribution in [2.24, 2.45) is 11.8 Å². The van der Waals surface area contributed by atoms with Gasteiger partial charge in [0, 0.05) is 15.8 Å². The molecule has 2 aliphatic rings. The molecule has 2 bridgehead atoms. The summed E-state index contributed by atoms with van der Waals surface area (Å²) in [5, 5.41) is 10.0. The molecule has 116 valence electrons. The van der Waals surface area contributed by atoms with Crippen LogP contribution in [0.1, 0.15) is 23.5 Å². The predicted octanol–water partition coefficient (Wildman–Crippen LogP) is 4.76. The van der Waals surface area contributed by atoms with Crippen molar-refractivity contribution in [2.75, 3.05) is 0 Å². The van der Waals surface area contributed by atoms with Crippen molar-refractivity contribution < 1.29 is 9.90 Å². The van der Waals surface area contributed by atoms with E-state index in [-0.39, 0.29) is 5.92 Å². The number of halogens is 1. The van der Waals surface area contributed by atoms with Crippen LogP contribution in [0.15, 0.2) is 71.2 Å². The first-order valence-corrected chi connectivity index (χ1v) is 8.64. The van der Waals surface area contributed by atoms with Crippen LogP contribution in [0.4, 0.5) is 0 Å². The molecule has 4 rings (SSSR count). The number of carboxylic acids is 1. The Balaban J connectivity index is 1.84. The third kappa shape index (κ3) is 2.18. The third-order valence-electron chi connectivity index (χ3n) is 5.42. The van der Waals surface area contributed by atoms with Crippen molar-refractivity contribution in [3.8, 4) is 0 Å². The zero-order valence-corrected chi connectivity index (χ0v) is 14.1. The topological polar surface area (TPSA) is 37.3 Å². The molecule has 0 saturated heterocycles. The summed E-state index contributed by atoms with van der Waals surface area (Å²) in [5.41, 5.74) is 1.84. The first kappa shape index (κ1) is 14.7. The maximum Gasteiger partial charge on any atom is 0.308 e. The molecule has 23 heavy (non-hydrogen) atoms. The maximum atomic E-state index is 12.2. The van der Waals surface area contributed by atoms with E-state index in [0.29, 0.717) is 5.92 Å². The van der Waals surface area contributed by atoms with E-state index in [2.05, 4.69) is 52.3 Å². The van der Waals surface area contributed by atoms with Gasteiger partial charge in [-0.15, -0.1) is 0 Å². The fraction of sp³-hybridized carbons (Fsp3) is 0.250. The highest BCUT2D eigenvalue weighted by Gasteiger charge is 2.59. The van der Waals surface area contributed by atoms with Crippen molar-refractivity contribution in [2.45, 2.75) is 17.8 Å². The summed E-state index contributed by atoms with van der Waals surface area (Å²) in [6.45, 7) is 0. The molecule has 2 aromatic rings. The molecule has 0 amide bonds. The second-order valence-corrected chi connectivity index (χ2v) is 7.44. The molecule has 1 saturated carbocycles. The number of carboxylic acid groups (broad SMARTS) is 1. The van der Waals surface area contributed by atoms with Gasteiger partial charge in [-0.2, -0.15) is 0 Å². The number of benzene rings is 2. The van der Waals surface area contributed by atoms with E-state index >= 15 is 0 Å². The normalized spacial score (nSPS) is 31.4. The zero-order chi connectivity index (χ0) is 16.0. The lowest BCUT2D eigenvalue weighted by Gasteiger charge is -2.34. The largest absolute Gasteiger partial charge is 0.481 e. The minimum absolute atomic E-state index is 0.0438. The van der Waals surface area contributed by atoms with Crippen LogP contribution in [-0.4, -0.2) is 11.1 Å². The van der Waals surface area contributed by atoms with E-state index in [4.69, 9.17) is 0 Å². The molecule has 2 aromatic carbocycles. The summed E-state index contributed by atoms with van der Waals surface area (Å²) in [6.07, 6.45) is 5.24. The first-order chi connectivity index (χ1) is 11.1. The van der Waals surface area contributed by atoms with Gasteiger partial charge in [-0.1, -0.05) is 70.5 Å². The number of rotatable bonds is 3. The van der Waals surface area contributed by atoms with Gasteiger partial charge in [0.05, 0.1) is 5.92 Å². The summed E-state index contributed by atoms with van der Waals surface area (Å²) in [4.78, 5) is 12.2. The Morgan fingerprint density at radius 2 is 1.78 bits per heavy atom. The number of aliphatic carboxylic acids is 1. The average molecular weight is 369 g/mol. The minimum Gasteiger partial charge on any atom is -0.481 e. The number of hydrogen-bond donors (Lipinski definition) is 1. The molecule has 0 spiro atoms. The molecule has 1 fully saturated rings. The van der Waals surface area contributed by atoms with E-state index in [1.807, 2.05) is 30.3 Å². The lowest BCUT2D eigenvalue weighted by Crippen LogP contribution is -2.37. The van der Waals surface area contributed by atoms with Gasteiger partial charge in [-0.3, -0.25) is 4.79 Å². The quantitative estimate of drug-likeness (QED) is 0.792. The van der Waals surface area contributed by atoms with E-state index in [9.17, 15) is 9.90 Å². The van der Waals surface area contributed by atoms with Gasteiger partial charge < -0.3 is 5.11 Å². The van der Waals surface area contributed by atoms with Crippen molar-refractivity contribution >= 4 is 21.9 Å². The smallest absolute Gasteiger partial charge is 0.308 e. The molecule has 0 radical (unpaired) electrons. The zero-order valence-electron chi connectivity index (χ0n) is 12.5. The first-order valence-electron chi connectivity index (χ1n) is 7.85. The Kier molecular flexibility index (Phi) is 3.42. The van der Waals surface area contributed by atoms with Crippen LogP contribution in [-0.2, 0) is 10.2 Å². The van der Waals surface area contributed by atoms with Crippen LogP contribution in [0, 0.1) is 11.8 Å². The van der Waals surface area contributed by atoms with Crippen molar-refractivity contribution in [3.63, 3.8) is 0 Å². The van der Waals surface area contributed by atoms with Crippen LogP contribution in [0.25, 0.3) is 0 Å². The second kappa shape index (κ2) is 5.34. The highest BCUT2D eigenvalue weighted by atomic mass is 79.9. The van der Waals surface area contributed by atoms with Crippen LogP contribution in [0.2, 0.25) is 0 Å². The van der Waals surface area contributed by atoms with Crippen LogP contribution in [0.3, 0.4) is 0 Å². The Morgan fingerprint density at radius 1 is 1.09 bits per heavy atom. The lowest BCUT2D eigenvalue weighted by atomic mass is 9.68. The monoisotopic (exact) mass is 368 g/mol. The molecule has 2 nitrogen and oxygen atoms in total. The second-order valence-electron chi connectivity index (χ2n) is 6.53. The Bertz CT molecular complexity index is 766. The van der Waals surface area contributed by atoms with Gasteiger partial charge in [-0.25, -0.2) is 0 Å². The number of carbonyl (C=O) groups is 1. The van der Waals surface area contributed by atoms with E-state index < -0.39 is 17.3 Å². The lowest BCUT2D eigenvalue weighted by molar-refractivity contribution is -0.143. The third-order valence-corrected chi connectivity index (χ3v) is 5.95. The molecule has 4 atom stereocenters. The average Bonchev–Trinajstić information content (AvgIpc) is 3.13. The summed E-state index contributed by atoms with van der Waals surface area (Å²) in [6, 6.07) is 18.2. The highest BCUT2D eigenvalue weighted by Crippen LogP contribution is 2.61. The van der Waals surface area contributed by atoms with Crippen LogP contribution >= 0.6 is 15.9 Å². The molecular formula is C20H17BrO2. The van der Waals surface area contributed by atoms with E-state index in [1.165, 1.54) is 0 Å². The fourth-order valence-corrected chi connectivity index (χ4v) is 4.77. The van der Waals surface area contributed by atoms with Crippen LogP contribution in [0.5, 0.6) is 0 Å². The SMILES string of the molecule is O=C(O)C1C(c2ccccc2)C2C=CC1(c1ccc(Br)cc1)C2. The summed E-state index contributed by atoms with van der Waals surface area (Å²) in [7, 11) is 0. The van der Waals surface area contributed by atoms with Gasteiger partial charge in [0.1, 0.15) is 0 Å². The number of allylic oxidation sites excluding steroid dienone is 2. The molecular weight excluding hydrogens is 352 g/mol. The van der Waals surface area contributed by atoms with Crippen molar-refractivity contribution in [3.05, 3.63) is 82.3 Å². The molecule has 0 aliphatic heterocycles. The molecule has 0 aromatic heterocycles. The van der Waals surface area contributed by atoms with Gasteiger partial charge in [0.2, 0.25) is 0 Å². The van der Waals surface area contributed by atoms with Crippen LogP contribution < -0.4 is 0 Å². The minimum atomic E-state index is -0.700. The van der Waals surface area contributed by atoms with Gasteiger partial charge in [0.15, 0.2) is 0 Å². The number of hydrogen-bond acceptors (Lipinski definition) is 1.